The predicted molar refractivity (Wildman–Crippen MR) is 90.0 cm³/mol. The molecule has 2 rings (SSSR count). The van der Waals surface area contributed by atoms with Crippen molar-refractivity contribution in [3.8, 4) is 0 Å². The fraction of sp³-hybridized carbons (Fsp3) is 0.312. The monoisotopic (exact) mass is 331 g/mol. The van der Waals surface area contributed by atoms with Crippen LogP contribution in [0.3, 0.4) is 0 Å². The summed E-state index contributed by atoms with van der Waals surface area (Å²) in [6.45, 7) is 0.682. The number of hydrogen-bond acceptors (Lipinski definition) is 4. The zero-order valence-electron chi connectivity index (χ0n) is 13.9. The molecule has 3 N–H and O–H groups in total. The highest BCUT2D eigenvalue weighted by molar-refractivity contribution is 5.87. The van der Waals surface area contributed by atoms with Gasteiger partial charge < -0.3 is 25.2 Å². The Balaban J connectivity index is 1.82. The maximum Gasteiger partial charge on any atom is 0.335 e. The number of aromatic carboxylic acids is 1. The Hall–Kier alpha value is -3.03. The second-order valence-corrected chi connectivity index (χ2v) is 5.54. The summed E-state index contributed by atoms with van der Waals surface area (Å²) < 4.78 is 1.91. The first kappa shape index (κ1) is 17.3. The number of nitrogens with one attached hydrogen (secondary N) is 2. The molecule has 0 aliphatic rings. The van der Waals surface area contributed by atoms with E-state index >= 15 is 0 Å². The zero-order valence-corrected chi connectivity index (χ0v) is 13.9. The lowest BCUT2D eigenvalue weighted by atomic mass is 10.1. The van der Waals surface area contributed by atoms with Crippen LogP contribution in [0.1, 0.15) is 21.6 Å². The molecule has 2 aromatic rings. The van der Waals surface area contributed by atoms with Crippen molar-refractivity contribution in [2.75, 3.05) is 19.0 Å². The van der Waals surface area contributed by atoms with E-state index in [2.05, 4.69) is 15.6 Å². The fourth-order valence-corrected chi connectivity index (χ4v) is 2.19. The number of carboxylic acid groups (broad SMARTS) is 1. The van der Waals surface area contributed by atoms with Gasteiger partial charge in [0.2, 0.25) is 5.95 Å². The lowest BCUT2D eigenvalue weighted by Gasteiger charge is -2.13. The van der Waals surface area contributed by atoms with Crippen LogP contribution in [-0.4, -0.2) is 40.8 Å². The number of amides is 2. The molecule has 8 heteroatoms. The number of imidazole rings is 1. The average molecular weight is 331 g/mol. The van der Waals surface area contributed by atoms with Crippen LogP contribution in [0.4, 0.5) is 10.7 Å². The number of carbonyl (C=O) groups excluding carboxylic acids is 1. The summed E-state index contributed by atoms with van der Waals surface area (Å²) in [6.07, 6.45) is 1.72. The van der Waals surface area contributed by atoms with Crippen molar-refractivity contribution < 1.29 is 14.7 Å². The lowest BCUT2D eigenvalue weighted by Crippen LogP contribution is -2.35. The Kier molecular flexibility index (Phi) is 5.41. The predicted octanol–water partition coefficient (Wildman–Crippen LogP) is 1.18. The van der Waals surface area contributed by atoms with Crippen molar-refractivity contribution in [3.63, 3.8) is 0 Å². The first-order chi connectivity index (χ1) is 11.4. The summed E-state index contributed by atoms with van der Waals surface area (Å²) in [7, 11) is 5.70. The molecule has 8 nitrogen and oxygen atoms in total. The first-order valence-corrected chi connectivity index (χ1v) is 7.40. The van der Waals surface area contributed by atoms with Crippen molar-refractivity contribution in [2.45, 2.75) is 13.1 Å². The molecule has 0 bridgehead atoms. The van der Waals surface area contributed by atoms with Gasteiger partial charge in [-0.3, -0.25) is 0 Å². The van der Waals surface area contributed by atoms with E-state index in [1.807, 2.05) is 30.6 Å². The van der Waals surface area contributed by atoms with E-state index in [1.54, 1.807) is 18.3 Å². The van der Waals surface area contributed by atoms with E-state index in [0.29, 0.717) is 13.1 Å². The molecule has 0 unspecified atom stereocenters. The van der Waals surface area contributed by atoms with Crippen LogP contribution in [0.25, 0.3) is 0 Å². The van der Waals surface area contributed by atoms with Gasteiger partial charge in [0.05, 0.1) is 24.0 Å². The molecule has 0 fully saturated rings. The van der Waals surface area contributed by atoms with Crippen LogP contribution >= 0.6 is 0 Å². The normalized spacial score (nSPS) is 10.3. The van der Waals surface area contributed by atoms with Crippen LogP contribution in [-0.2, 0) is 20.1 Å². The van der Waals surface area contributed by atoms with Gasteiger partial charge in [-0.15, -0.1) is 0 Å². The molecular formula is C16H21N5O3. The molecule has 0 aliphatic carbocycles. The first-order valence-electron chi connectivity index (χ1n) is 7.40. The number of anilines is 1. The Morgan fingerprint density at radius 3 is 2.33 bits per heavy atom. The minimum absolute atomic E-state index is 0.219. The van der Waals surface area contributed by atoms with E-state index in [-0.39, 0.29) is 11.6 Å². The van der Waals surface area contributed by atoms with Gasteiger partial charge in [-0.25, -0.2) is 14.6 Å². The molecule has 128 valence electrons. The summed E-state index contributed by atoms with van der Waals surface area (Å²) >= 11 is 0. The van der Waals surface area contributed by atoms with Crippen LogP contribution in [0.2, 0.25) is 0 Å². The molecule has 2 amide bonds. The lowest BCUT2D eigenvalue weighted by molar-refractivity contribution is 0.0697. The van der Waals surface area contributed by atoms with Gasteiger partial charge in [0.1, 0.15) is 0 Å². The number of nitrogens with zero attached hydrogens (tertiary/aromatic N) is 3. The maximum absolute atomic E-state index is 11.9. The molecule has 0 saturated carbocycles. The molecule has 0 atom stereocenters. The smallest absolute Gasteiger partial charge is 0.335 e. The van der Waals surface area contributed by atoms with E-state index in [4.69, 9.17) is 5.11 Å². The second-order valence-electron chi connectivity index (χ2n) is 5.54. The third-order valence-electron chi connectivity index (χ3n) is 3.54. The van der Waals surface area contributed by atoms with Gasteiger partial charge in [0.15, 0.2) is 0 Å². The van der Waals surface area contributed by atoms with Gasteiger partial charge in [0.25, 0.3) is 0 Å². The number of aromatic nitrogens is 2. The number of hydrogen-bond donors (Lipinski definition) is 3. The molecule has 1 aromatic heterocycles. The summed E-state index contributed by atoms with van der Waals surface area (Å²) in [5.74, 6) is -0.161. The van der Waals surface area contributed by atoms with Crippen molar-refractivity contribution in [3.05, 3.63) is 47.3 Å². The van der Waals surface area contributed by atoms with Crippen LogP contribution < -0.4 is 15.5 Å². The maximum atomic E-state index is 11.9. The largest absolute Gasteiger partial charge is 0.478 e. The second kappa shape index (κ2) is 7.49. The highest BCUT2D eigenvalue weighted by Crippen LogP contribution is 2.10. The molecule has 1 aromatic carbocycles. The minimum Gasteiger partial charge on any atom is -0.478 e. The summed E-state index contributed by atoms with van der Waals surface area (Å²) in [5, 5.41) is 14.3. The highest BCUT2D eigenvalue weighted by atomic mass is 16.4. The molecule has 24 heavy (non-hydrogen) atoms. The Bertz CT molecular complexity index is 722. The van der Waals surface area contributed by atoms with Crippen LogP contribution in [0, 0.1) is 0 Å². The third-order valence-corrected chi connectivity index (χ3v) is 3.54. The summed E-state index contributed by atoms with van der Waals surface area (Å²) in [6, 6.07) is 6.07. The van der Waals surface area contributed by atoms with Gasteiger partial charge >= 0.3 is 12.0 Å². The molecule has 0 radical (unpaired) electrons. The number of carboxylic acids is 1. The van der Waals surface area contributed by atoms with Crippen molar-refractivity contribution in [1.82, 2.24) is 20.2 Å². The summed E-state index contributed by atoms with van der Waals surface area (Å²) in [4.78, 5) is 28.8. The zero-order chi connectivity index (χ0) is 17.7. The Labute approximate surface area is 140 Å². The number of benzene rings is 1. The highest BCUT2D eigenvalue weighted by Gasteiger charge is 2.09. The van der Waals surface area contributed by atoms with Gasteiger partial charge in [0, 0.05) is 27.7 Å². The number of carbonyl (C=O) groups is 2. The quantitative estimate of drug-likeness (QED) is 0.738. The topological polar surface area (TPSA) is 99.5 Å². The van der Waals surface area contributed by atoms with E-state index < -0.39 is 5.97 Å². The van der Waals surface area contributed by atoms with Crippen molar-refractivity contribution in [2.24, 2.45) is 7.05 Å². The van der Waals surface area contributed by atoms with Crippen molar-refractivity contribution >= 4 is 17.9 Å². The fourth-order valence-electron chi connectivity index (χ4n) is 2.19. The van der Waals surface area contributed by atoms with Gasteiger partial charge in [-0.1, -0.05) is 12.1 Å². The Morgan fingerprint density at radius 2 is 1.79 bits per heavy atom. The van der Waals surface area contributed by atoms with Crippen LogP contribution in [0.15, 0.2) is 30.5 Å². The van der Waals surface area contributed by atoms with E-state index in [0.717, 1.165) is 17.2 Å². The van der Waals surface area contributed by atoms with Gasteiger partial charge in [-0.2, -0.15) is 0 Å². The standard InChI is InChI=1S/C16H21N5O3/c1-20(2)16-19-10-13(21(16)3)9-18-15(24)17-8-11-4-6-12(7-5-11)14(22)23/h4-7,10H,8-9H2,1-3H3,(H,22,23)(H2,17,18,24). The third kappa shape index (κ3) is 4.25. The van der Waals surface area contributed by atoms with Crippen LogP contribution in [0.5, 0.6) is 0 Å². The minimum atomic E-state index is -0.972. The molecule has 0 aliphatic heterocycles. The average Bonchev–Trinajstić information content (AvgIpc) is 2.92. The summed E-state index contributed by atoms with van der Waals surface area (Å²) in [5.41, 5.74) is 1.93. The molecule has 1 heterocycles. The number of rotatable bonds is 6. The SMILES string of the molecule is CN(C)c1ncc(CNC(=O)NCc2ccc(C(=O)O)cc2)n1C. The number of urea groups is 1. The van der Waals surface area contributed by atoms with Crippen molar-refractivity contribution in [1.29, 1.82) is 0 Å². The van der Waals surface area contributed by atoms with E-state index in [1.165, 1.54) is 12.1 Å². The molecule has 0 saturated heterocycles. The molecule has 0 spiro atoms. The molecular weight excluding hydrogens is 310 g/mol. The van der Waals surface area contributed by atoms with E-state index in [9.17, 15) is 9.59 Å². The van der Waals surface area contributed by atoms with Gasteiger partial charge in [-0.05, 0) is 17.7 Å². The Morgan fingerprint density at radius 1 is 1.17 bits per heavy atom.